The molecule has 4 aromatic rings. The first-order chi connectivity index (χ1) is 18.3. The Balaban J connectivity index is 1.81. The molecule has 38 heavy (non-hydrogen) atoms. The number of sulfonamides is 1. The molecule has 3 aromatic heterocycles. The summed E-state index contributed by atoms with van der Waals surface area (Å²) < 4.78 is 60.4. The Kier molecular flexibility index (Phi) is 8.00. The van der Waals surface area contributed by atoms with Crippen molar-refractivity contribution in [2.75, 3.05) is 25.5 Å². The van der Waals surface area contributed by atoms with Crippen LogP contribution in [-0.2, 0) is 16.4 Å². The van der Waals surface area contributed by atoms with Gasteiger partial charge in [-0.1, -0.05) is 12.1 Å². The van der Waals surface area contributed by atoms with Crippen molar-refractivity contribution in [1.29, 1.82) is 0 Å². The van der Waals surface area contributed by atoms with Crippen molar-refractivity contribution >= 4 is 16.0 Å². The van der Waals surface area contributed by atoms with E-state index in [9.17, 15) is 12.8 Å². The van der Waals surface area contributed by atoms with E-state index in [0.29, 0.717) is 35.4 Å². The molecule has 0 unspecified atom stereocenters. The maximum atomic E-state index is 13.3. The van der Waals surface area contributed by atoms with E-state index in [1.807, 2.05) is 6.92 Å². The molecule has 3 heterocycles. The van der Waals surface area contributed by atoms with Gasteiger partial charge in [0.15, 0.2) is 11.6 Å². The number of aromatic nitrogens is 6. The minimum atomic E-state index is -4.05. The molecule has 1 aromatic carbocycles. The maximum absolute atomic E-state index is 13.3. The third-order valence-electron chi connectivity index (χ3n) is 5.44. The highest BCUT2D eigenvalue weighted by atomic mass is 32.2. The topological polar surface area (TPSA) is 143 Å². The van der Waals surface area contributed by atoms with Gasteiger partial charge in [-0.2, -0.15) is 0 Å². The SMILES string of the molecule is CCOc1cccc(-c2nnc(NS(=O)(=O)[C@@H](C)Cc3ncc(F)cn3)n2-c2c(OC)cccc2OC)n1. The predicted octanol–water partition coefficient (Wildman–Crippen LogP) is 3.05. The van der Waals surface area contributed by atoms with Crippen molar-refractivity contribution in [3.8, 4) is 34.6 Å². The quantitative estimate of drug-likeness (QED) is 0.300. The minimum absolute atomic E-state index is 0.0630. The first kappa shape index (κ1) is 26.7. The van der Waals surface area contributed by atoms with Gasteiger partial charge in [0.25, 0.3) is 0 Å². The van der Waals surface area contributed by atoms with Crippen LogP contribution < -0.4 is 18.9 Å². The molecular formula is C24H26FN7O5S. The number of halogens is 1. The molecule has 1 atom stereocenters. The normalized spacial score (nSPS) is 12.1. The van der Waals surface area contributed by atoms with E-state index >= 15 is 0 Å². The number of hydrogen-bond acceptors (Lipinski definition) is 10. The molecule has 0 radical (unpaired) electrons. The number of pyridine rings is 1. The Labute approximate surface area is 218 Å². The lowest BCUT2D eigenvalue weighted by Gasteiger charge is -2.19. The summed E-state index contributed by atoms with van der Waals surface area (Å²) in [6, 6.07) is 10.2. The number of rotatable bonds is 11. The molecule has 4 rings (SSSR count). The summed E-state index contributed by atoms with van der Waals surface area (Å²) in [6.45, 7) is 3.72. The average Bonchev–Trinajstić information content (AvgIpc) is 3.32. The number of benzene rings is 1. The van der Waals surface area contributed by atoms with E-state index in [0.717, 1.165) is 12.4 Å². The van der Waals surface area contributed by atoms with E-state index in [1.165, 1.54) is 25.7 Å². The zero-order chi connectivity index (χ0) is 27.3. The standard InChI is InChI=1S/C24H26FN7O5S/c1-5-37-21-11-6-8-17(28-21)23-29-30-24(32(23)22-18(35-3)9-7-10-19(22)36-4)31-38(33,34)15(2)12-20-26-13-16(25)14-27-20/h6-11,13-15H,5,12H2,1-4H3,(H,30,31)/t15-/m0/s1. The van der Waals surface area contributed by atoms with Crippen LogP contribution in [0, 0.1) is 5.82 Å². The van der Waals surface area contributed by atoms with Crippen LogP contribution in [0.3, 0.4) is 0 Å². The molecule has 0 aliphatic carbocycles. The Morgan fingerprint density at radius 1 is 1.03 bits per heavy atom. The molecule has 0 saturated heterocycles. The zero-order valence-electron chi connectivity index (χ0n) is 21.1. The molecule has 200 valence electrons. The number of anilines is 1. The van der Waals surface area contributed by atoms with Gasteiger partial charge in [-0.15, -0.1) is 10.2 Å². The van der Waals surface area contributed by atoms with Gasteiger partial charge < -0.3 is 14.2 Å². The number of nitrogens with zero attached hydrogens (tertiary/aromatic N) is 6. The lowest BCUT2D eigenvalue weighted by Crippen LogP contribution is -2.29. The highest BCUT2D eigenvalue weighted by molar-refractivity contribution is 7.93. The van der Waals surface area contributed by atoms with Crippen molar-refractivity contribution in [1.82, 2.24) is 29.7 Å². The molecule has 0 spiro atoms. The Hall–Kier alpha value is -4.33. The predicted molar refractivity (Wildman–Crippen MR) is 137 cm³/mol. The second kappa shape index (κ2) is 11.4. The third kappa shape index (κ3) is 5.64. The van der Waals surface area contributed by atoms with Gasteiger partial charge in [0.1, 0.15) is 28.7 Å². The van der Waals surface area contributed by atoms with Gasteiger partial charge >= 0.3 is 0 Å². The van der Waals surface area contributed by atoms with Crippen molar-refractivity contribution in [2.24, 2.45) is 0 Å². The van der Waals surface area contributed by atoms with E-state index in [1.54, 1.807) is 36.4 Å². The van der Waals surface area contributed by atoms with E-state index < -0.39 is 21.1 Å². The molecule has 0 amide bonds. The van der Waals surface area contributed by atoms with Crippen LogP contribution in [0.5, 0.6) is 17.4 Å². The van der Waals surface area contributed by atoms with Gasteiger partial charge in [0.05, 0.1) is 38.5 Å². The molecule has 0 fully saturated rings. The summed E-state index contributed by atoms with van der Waals surface area (Å²) >= 11 is 0. The summed E-state index contributed by atoms with van der Waals surface area (Å²) in [4.78, 5) is 12.2. The summed E-state index contributed by atoms with van der Waals surface area (Å²) in [5, 5.41) is 7.37. The highest BCUT2D eigenvalue weighted by Gasteiger charge is 2.29. The molecule has 0 aliphatic heterocycles. The summed E-state index contributed by atoms with van der Waals surface area (Å²) in [5.41, 5.74) is 0.725. The van der Waals surface area contributed by atoms with Gasteiger partial charge in [-0.05, 0) is 32.0 Å². The number of nitrogens with one attached hydrogen (secondary N) is 1. The maximum Gasteiger partial charge on any atom is 0.243 e. The average molecular weight is 544 g/mol. The van der Waals surface area contributed by atoms with Crippen LogP contribution in [0.25, 0.3) is 17.2 Å². The first-order valence-corrected chi connectivity index (χ1v) is 13.1. The minimum Gasteiger partial charge on any atom is -0.494 e. The Morgan fingerprint density at radius 3 is 2.32 bits per heavy atom. The first-order valence-electron chi connectivity index (χ1n) is 11.5. The van der Waals surface area contributed by atoms with Crippen molar-refractivity contribution in [2.45, 2.75) is 25.5 Å². The number of methoxy groups -OCH3 is 2. The second-order valence-electron chi connectivity index (χ2n) is 7.97. The Morgan fingerprint density at radius 2 is 1.68 bits per heavy atom. The van der Waals surface area contributed by atoms with Gasteiger partial charge in [-0.25, -0.2) is 27.8 Å². The number of ether oxygens (including phenoxy) is 3. The van der Waals surface area contributed by atoms with Crippen LogP contribution in [0.4, 0.5) is 10.3 Å². The molecule has 12 nitrogen and oxygen atoms in total. The summed E-state index contributed by atoms with van der Waals surface area (Å²) in [7, 11) is -1.10. The zero-order valence-corrected chi connectivity index (χ0v) is 21.9. The van der Waals surface area contributed by atoms with E-state index in [-0.39, 0.29) is 24.0 Å². The molecule has 0 aliphatic rings. The van der Waals surface area contributed by atoms with Gasteiger partial charge in [0, 0.05) is 12.5 Å². The Bertz CT molecular complexity index is 1490. The van der Waals surface area contributed by atoms with Crippen LogP contribution >= 0.6 is 0 Å². The monoisotopic (exact) mass is 543 g/mol. The molecule has 1 N–H and O–H groups in total. The highest BCUT2D eigenvalue weighted by Crippen LogP contribution is 2.37. The fourth-order valence-electron chi connectivity index (χ4n) is 3.59. The summed E-state index contributed by atoms with van der Waals surface area (Å²) in [6.07, 6.45) is 1.90. The number of para-hydroxylation sites is 1. The van der Waals surface area contributed by atoms with Crippen LogP contribution in [0.1, 0.15) is 19.7 Å². The lowest BCUT2D eigenvalue weighted by molar-refractivity contribution is 0.327. The van der Waals surface area contributed by atoms with Gasteiger partial charge in [0.2, 0.25) is 21.9 Å². The second-order valence-corrected chi connectivity index (χ2v) is 10.1. The van der Waals surface area contributed by atoms with E-state index in [4.69, 9.17) is 14.2 Å². The smallest absolute Gasteiger partial charge is 0.243 e. The van der Waals surface area contributed by atoms with Crippen molar-refractivity contribution < 1.29 is 27.0 Å². The third-order valence-corrected chi connectivity index (χ3v) is 7.13. The number of hydrogen-bond donors (Lipinski definition) is 1. The van der Waals surface area contributed by atoms with Crippen molar-refractivity contribution in [3.05, 3.63) is 60.4 Å². The molecule has 0 saturated carbocycles. The van der Waals surface area contributed by atoms with Gasteiger partial charge in [-0.3, -0.25) is 9.29 Å². The fourth-order valence-corrected chi connectivity index (χ4v) is 4.54. The largest absolute Gasteiger partial charge is 0.494 e. The molecule has 14 heteroatoms. The van der Waals surface area contributed by atoms with Crippen LogP contribution in [0.15, 0.2) is 48.8 Å². The summed E-state index contributed by atoms with van der Waals surface area (Å²) in [5.74, 6) is 0.756. The molecular weight excluding hydrogens is 517 g/mol. The van der Waals surface area contributed by atoms with Crippen LogP contribution in [-0.4, -0.2) is 64.2 Å². The lowest BCUT2D eigenvalue weighted by atomic mass is 10.2. The van der Waals surface area contributed by atoms with Crippen LogP contribution in [0.2, 0.25) is 0 Å². The van der Waals surface area contributed by atoms with E-state index in [2.05, 4.69) is 29.9 Å². The fraction of sp³-hybridized carbons (Fsp3) is 0.292. The van der Waals surface area contributed by atoms with Crippen molar-refractivity contribution in [3.63, 3.8) is 0 Å². The molecule has 0 bridgehead atoms.